The van der Waals surface area contributed by atoms with E-state index in [1.807, 2.05) is 6.07 Å². The van der Waals surface area contributed by atoms with Crippen LogP contribution in [0.1, 0.15) is 24.9 Å². The van der Waals surface area contributed by atoms with Crippen molar-refractivity contribution >= 4 is 24.5 Å². The van der Waals surface area contributed by atoms with Crippen LogP contribution in [0.15, 0.2) is 24.3 Å². The van der Waals surface area contributed by atoms with Crippen LogP contribution >= 0.6 is 12.4 Å². The van der Waals surface area contributed by atoms with Gasteiger partial charge in [0.1, 0.15) is 5.75 Å². The lowest BCUT2D eigenvalue weighted by Gasteiger charge is -2.23. The molecule has 0 spiro atoms. The summed E-state index contributed by atoms with van der Waals surface area (Å²) in [6.07, 6.45) is 0.286. The summed E-state index contributed by atoms with van der Waals surface area (Å²) >= 11 is 0. The van der Waals surface area contributed by atoms with Crippen LogP contribution in [0.5, 0.6) is 5.75 Å². The standard InChI is InChI=1S/C12H13NO4.ClH/c1-8(14)17-10-4-2-3-9(7-10)11-5-6-16-12(15)13-11;/h2-4,7,11H,5-6H2,1H3,(H,13,15);1H/t11-;/m0./s1. The minimum absolute atomic E-state index is 0. The van der Waals surface area contributed by atoms with Crippen molar-refractivity contribution in [2.45, 2.75) is 19.4 Å². The van der Waals surface area contributed by atoms with E-state index in [0.29, 0.717) is 18.8 Å². The molecule has 1 aliphatic heterocycles. The van der Waals surface area contributed by atoms with Crippen molar-refractivity contribution in [3.63, 3.8) is 0 Å². The van der Waals surface area contributed by atoms with Crippen molar-refractivity contribution in [3.05, 3.63) is 29.8 Å². The molecule has 0 unspecified atom stereocenters. The molecule has 1 aliphatic rings. The first-order chi connectivity index (χ1) is 8.15. The Kier molecular flexibility index (Phi) is 4.97. The number of hydrogen-bond acceptors (Lipinski definition) is 4. The summed E-state index contributed by atoms with van der Waals surface area (Å²) < 4.78 is 9.78. The number of ether oxygens (including phenoxy) is 2. The Bertz CT molecular complexity index is 449. The molecule has 6 heteroatoms. The fraction of sp³-hybridized carbons (Fsp3) is 0.333. The van der Waals surface area contributed by atoms with E-state index < -0.39 is 6.09 Å². The van der Waals surface area contributed by atoms with E-state index >= 15 is 0 Å². The Morgan fingerprint density at radius 1 is 1.50 bits per heavy atom. The van der Waals surface area contributed by atoms with Crippen molar-refractivity contribution in [2.75, 3.05) is 6.61 Å². The molecule has 1 heterocycles. The predicted molar refractivity (Wildman–Crippen MR) is 66.8 cm³/mol. The van der Waals surface area contributed by atoms with Crippen LogP contribution < -0.4 is 10.1 Å². The number of rotatable bonds is 2. The van der Waals surface area contributed by atoms with Crippen LogP contribution in [0, 0.1) is 0 Å². The summed E-state index contributed by atoms with van der Waals surface area (Å²) in [6, 6.07) is 7.02. The van der Waals surface area contributed by atoms with Gasteiger partial charge in [-0.05, 0) is 17.7 Å². The molecule has 1 amide bonds. The molecule has 1 atom stereocenters. The lowest BCUT2D eigenvalue weighted by atomic mass is 10.0. The van der Waals surface area contributed by atoms with Gasteiger partial charge in [-0.3, -0.25) is 4.79 Å². The van der Waals surface area contributed by atoms with Gasteiger partial charge in [-0.25, -0.2) is 4.79 Å². The number of carbonyl (C=O) groups excluding carboxylic acids is 2. The van der Waals surface area contributed by atoms with Crippen LogP contribution in [-0.4, -0.2) is 18.7 Å². The average Bonchev–Trinajstić information content (AvgIpc) is 2.28. The SMILES string of the molecule is CC(=O)Oc1cccc([C@@H]2CCOC(=O)N2)c1.Cl. The molecule has 2 rings (SSSR count). The molecule has 1 saturated heterocycles. The van der Waals surface area contributed by atoms with Crippen LogP contribution in [0.4, 0.5) is 4.79 Å². The first-order valence-electron chi connectivity index (χ1n) is 5.37. The maximum Gasteiger partial charge on any atom is 0.407 e. The number of benzene rings is 1. The topological polar surface area (TPSA) is 64.6 Å². The molecule has 1 N–H and O–H groups in total. The summed E-state index contributed by atoms with van der Waals surface area (Å²) in [4.78, 5) is 21.9. The largest absolute Gasteiger partial charge is 0.449 e. The first-order valence-corrected chi connectivity index (χ1v) is 5.37. The van der Waals surface area contributed by atoms with Crippen molar-refractivity contribution in [2.24, 2.45) is 0 Å². The molecule has 0 radical (unpaired) electrons. The molecule has 0 aliphatic carbocycles. The second-order valence-electron chi connectivity index (χ2n) is 3.79. The van der Waals surface area contributed by atoms with Gasteiger partial charge in [0.2, 0.25) is 0 Å². The van der Waals surface area contributed by atoms with Crippen LogP contribution in [0.3, 0.4) is 0 Å². The summed E-state index contributed by atoms with van der Waals surface area (Å²) in [6.45, 7) is 1.75. The van der Waals surface area contributed by atoms with Crippen LogP contribution in [0.25, 0.3) is 0 Å². The van der Waals surface area contributed by atoms with Crippen LogP contribution in [0.2, 0.25) is 0 Å². The van der Waals surface area contributed by atoms with Gasteiger partial charge in [-0.2, -0.15) is 0 Å². The Balaban J connectivity index is 0.00000162. The summed E-state index contributed by atoms with van der Waals surface area (Å²) in [5.41, 5.74) is 0.903. The molecular weight excluding hydrogens is 258 g/mol. The molecular formula is C12H14ClNO4. The van der Waals surface area contributed by atoms with Gasteiger partial charge in [0.25, 0.3) is 0 Å². The number of carbonyl (C=O) groups is 2. The molecule has 1 aromatic rings. The monoisotopic (exact) mass is 271 g/mol. The highest BCUT2D eigenvalue weighted by Gasteiger charge is 2.20. The maximum absolute atomic E-state index is 11.1. The Hall–Kier alpha value is -1.75. The number of alkyl carbamates (subject to hydrolysis) is 1. The Morgan fingerprint density at radius 2 is 2.28 bits per heavy atom. The molecule has 0 bridgehead atoms. The van der Waals surface area contributed by atoms with Crippen LogP contribution in [-0.2, 0) is 9.53 Å². The maximum atomic E-state index is 11.1. The third-order valence-electron chi connectivity index (χ3n) is 2.45. The number of esters is 1. The number of nitrogens with one attached hydrogen (secondary N) is 1. The van der Waals surface area contributed by atoms with Crippen molar-refractivity contribution in [1.29, 1.82) is 0 Å². The van der Waals surface area contributed by atoms with E-state index in [-0.39, 0.29) is 24.4 Å². The molecule has 98 valence electrons. The highest BCUT2D eigenvalue weighted by atomic mass is 35.5. The number of hydrogen-bond donors (Lipinski definition) is 1. The zero-order chi connectivity index (χ0) is 12.3. The van der Waals surface area contributed by atoms with Crippen molar-refractivity contribution in [1.82, 2.24) is 5.32 Å². The van der Waals surface area contributed by atoms with E-state index in [9.17, 15) is 9.59 Å². The fourth-order valence-corrected chi connectivity index (χ4v) is 1.74. The Labute approximate surface area is 111 Å². The second kappa shape index (κ2) is 6.26. The van der Waals surface area contributed by atoms with Gasteiger partial charge in [-0.15, -0.1) is 12.4 Å². The number of amides is 1. The lowest BCUT2D eigenvalue weighted by molar-refractivity contribution is -0.131. The van der Waals surface area contributed by atoms with E-state index in [2.05, 4.69) is 5.32 Å². The highest BCUT2D eigenvalue weighted by molar-refractivity contribution is 5.85. The molecule has 0 aromatic heterocycles. The quantitative estimate of drug-likeness (QED) is 0.662. The third kappa shape index (κ3) is 3.63. The second-order valence-corrected chi connectivity index (χ2v) is 3.79. The smallest absolute Gasteiger partial charge is 0.407 e. The van der Waals surface area contributed by atoms with E-state index in [1.165, 1.54) is 6.92 Å². The summed E-state index contributed by atoms with van der Waals surface area (Å²) in [5.74, 6) is 0.119. The van der Waals surface area contributed by atoms with Crippen molar-refractivity contribution in [3.8, 4) is 5.75 Å². The van der Waals surface area contributed by atoms with Crippen molar-refractivity contribution < 1.29 is 19.1 Å². The lowest BCUT2D eigenvalue weighted by Crippen LogP contribution is -2.35. The first kappa shape index (κ1) is 14.3. The number of cyclic esters (lactones) is 1. The molecule has 0 saturated carbocycles. The van der Waals surface area contributed by atoms with Gasteiger partial charge in [-0.1, -0.05) is 12.1 Å². The van der Waals surface area contributed by atoms with E-state index in [4.69, 9.17) is 9.47 Å². The molecule has 1 aromatic carbocycles. The average molecular weight is 272 g/mol. The molecule has 5 nitrogen and oxygen atoms in total. The van der Waals surface area contributed by atoms with E-state index in [0.717, 1.165) is 5.56 Å². The summed E-state index contributed by atoms with van der Waals surface area (Å²) in [5, 5.41) is 2.71. The van der Waals surface area contributed by atoms with Gasteiger partial charge in [0.15, 0.2) is 0 Å². The van der Waals surface area contributed by atoms with E-state index in [1.54, 1.807) is 18.2 Å². The normalized spacial score (nSPS) is 18.1. The molecule has 18 heavy (non-hydrogen) atoms. The van der Waals surface area contributed by atoms with Gasteiger partial charge in [0.05, 0.1) is 12.6 Å². The number of halogens is 1. The third-order valence-corrected chi connectivity index (χ3v) is 2.45. The van der Waals surface area contributed by atoms with Gasteiger partial charge >= 0.3 is 12.1 Å². The summed E-state index contributed by atoms with van der Waals surface area (Å²) in [7, 11) is 0. The zero-order valence-electron chi connectivity index (χ0n) is 9.84. The fourth-order valence-electron chi connectivity index (χ4n) is 1.74. The zero-order valence-corrected chi connectivity index (χ0v) is 10.7. The van der Waals surface area contributed by atoms with Gasteiger partial charge in [0, 0.05) is 13.3 Å². The van der Waals surface area contributed by atoms with Gasteiger partial charge < -0.3 is 14.8 Å². The predicted octanol–water partition coefficient (Wildman–Crippen LogP) is 2.20. The molecule has 1 fully saturated rings. The minimum Gasteiger partial charge on any atom is -0.449 e. The minimum atomic E-state index is -0.417. The Morgan fingerprint density at radius 3 is 2.94 bits per heavy atom. The highest BCUT2D eigenvalue weighted by Crippen LogP contribution is 2.23.